The van der Waals surface area contributed by atoms with Gasteiger partial charge in [0.15, 0.2) is 0 Å². The molecule has 0 rings (SSSR count). The number of amides is 1. The first-order valence-electron chi connectivity index (χ1n) is 5.52. The number of nitrogens with zero attached hydrogens (tertiary/aromatic N) is 1. The minimum atomic E-state index is -0.274. The van der Waals surface area contributed by atoms with Gasteiger partial charge in [0.1, 0.15) is 0 Å². The number of aliphatic hydroxyl groups excluding tert-OH is 1. The molecule has 0 aliphatic rings. The molecule has 0 aromatic heterocycles. The second kappa shape index (κ2) is 7.65. The Hall–Kier alpha value is -0.610. The molecule has 0 aromatic rings. The van der Waals surface area contributed by atoms with Gasteiger partial charge in [-0.2, -0.15) is 0 Å². The van der Waals surface area contributed by atoms with Crippen LogP contribution in [-0.4, -0.2) is 49.7 Å². The molecule has 90 valence electrons. The number of nitrogens with one attached hydrogen (secondary N) is 1. The zero-order valence-electron chi connectivity index (χ0n) is 10.3. The monoisotopic (exact) mass is 216 g/mol. The van der Waals surface area contributed by atoms with Crippen molar-refractivity contribution in [3.05, 3.63) is 0 Å². The molecule has 0 aliphatic heterocycles. The highest BCUT2D eigenvalue weighted by Gasteiger charge is 2.20. The summed E-state index contributed by atoms with van der Waals surface area (Å²) < 4.78 is 0. The Morgan fingerprint density at radius 3 is 2.40 bits per heavy atom. The van der Waals surface area contributed by atoms with Crippen LogP contribution < -0.4 is 5.32 Å². The molecule has 0 bridgehead atoms. The normalized spacial score (nSPS) is 13.3. The van der Waals surface area contributed by atoms with E-state index in [2.05, 4.69) is 10.2 Å². The quantitative estimate of drug-likeness (QED) is 0.603. The highest BCUT2D eigenvalue weighted by molar-refractivity contribution is 5.78. The molecular formula is C11H24N2O2. The molecule has 0 aromatic carbocycles. The highest BCUT2D eigenvalue weighted by atomic mass is 16.3. The van der Waals surface area contributed by atoms with Gasteiger partial charge >= 0.3 is 0 Å². The lowest BCUT2D eigenvalue weighted by atomic mass is 9.96. The molecule has 0 saturated heterocycles. The predicted molar refractivity (Wildman–Crippen MR) is 61.6 cm³/mol. The van der Waals surface area contributed by atoms with Gasteiger partial charge < -0.3 is 15.3 Å². The summed E-state index contributed by atoms with van der Waals surface area (Å²) >= 11 is 0. The Morgan fingerprint density at radius 1 is 1.40 bits per heavy atom. The van der Waals surface area contributed by atoms with Crippen LogP contribution in [0.1, 0.15) is 20.3 Å². The zero-order valence-corrected chi connectivity index (χ0v) is 10.3. The van der Waals surface area contributed by atoms with E-state index in [4.69, 9.17) is 5.11 Å². The molecule has 1 atom stereocenters. The van der Waals surface area contributed by atoms with Crippen LogP contribution in [0.3, 0.4) is 0 Å². The summed E-state index contributed by atoms with van der Waals surface area (Å²) in [5, 5.41) is 11.9. The molecule has 2 N–H and O–H groups in total. The molecule has 1 unspecified atom stereocenters. The standard InChI is InChI=1S/C11H24N2O2/c1-9(2)10(8-14)11(15)12-6-5-7-13(3)4/h9-10,14H,5-8H2,1-4H3,(H,12,15). The molecule has 0 aliphatic carbocycles. The van der Waals surface area contributed by atoms with Gasteiger partial charge in [-0.3, -0.25) is 4.79 Å². The van der Waals surface area contributed by atoms with Gasteiger partial charge in [0.05, 0.1) is 12.5 Å². The molecule has 0 heterocycles. The molecule has 15 heavy (non-hydrogen) atoms. The van der Waals surface area contributed by atoms with Gasteiger partial charge in [-0.15, -0.1) is 0 Å². The van der Waals surface area contributed by atoms with Crippen LogP contribution in [0.25, 0.3) is 0 Å². The first-order chi connectivity index (χ1) is 6.99. The van der Waals surface area contributed by atoms with Gasteiger partial charge in [-0.1, -0.05) is 13.8 Å². The average molecular weight is 216 g/mol. The van der Waals surface area contributed by atoms with Crippen LogP contribution in [0.5, 0.6) is 0 Å². The van der Waals surface area contributed by atoms with Crippen LogP contribution in [-0.2, 0) is 4.79 Å². The van der Waals surface area contributed by atoms with Crippen molar-refractivity contribution >= 4 is 5.91 Å². The van der Waals surface area contributed by atoms with Crippen molar-refractivity contribution in [2.24, 2.45) is 11.8 Å². The Bertz CT molecular complexity index is 181. The van der Waals surface area contributed by atoms with Gasteiger partial charge in [-0.25, -0.2) is 0 Å². The smallest absolute Gasteiger partial charge is 0.225 e. The van der Waals surface area contributed by atoms with E-state index in [0.29, 0.717) is 6.54 Å². The number of hydrogen-bond acceptors (Lipinski definition) is 3. The van der Waals surface area contributed by atoms with Crippen molar-refractivity contribution in [3.8, 4) is 0 Å². The first-order valence-corrected chi connectivity index (χ1v) is 5.52. The fraction of sp³-hybridized carbons (Fsp3) is 0.909. The van der Waals surface area contributed by atoms with Crippen LogP contribution in [0.4, 0.5) is 0 Å². The molecule has 0 spiro atoms. The van der Waals surface area contributed by atoms with E-state index in [1.165, 1.54) is 0 Å². The molecular weight excluding hydrogens is 192 g/mol. The lowest BCUT2D eigenvalue weighted by Gasteiger charge is -2.18. The number of carbonyl (C=O) groups excluding carboxylic acids is 1. The average Bonchev–Trinajstić information content (AvgIpc) is 2.12. The summed E-state index contributed by atoms with van der Waals surface area (Å²) in [6.07, 6.45) is 0.939. The highest BCUT2D eigenvalue weighted by Crippen LogP contribution is 2.09. The van der Waals surface area contributed by atoms with Gasteiger partial charge in [0.2, 0.25) is 5.91 Å². The SMILES string of the molecule is CC(C)C(CO)C(=O)NCCCN(C)C. The maximum Gasteiger partial charge on any atom is 0.225 e. The molecule has 0 radical (unpaired) electrons. The maximum atomic E-state index is 11.6. The van der Waals surface area contributed by atoms with Crippen LogP contribution in [0.2, 0.25) is 0 Å². The third-order valence-corrected chi connectivity index (χ3v) is 2.42. The molecule has 0 fully saturated rings. The lowest BCUT2D eigenvalue weighted by Crippen LogP contribution is -2.36. The van der Waals surface area contributed by atoms with Crippen LogP contribution in [0.15, 0.2) is 0 Å². The minimum Gasteiger partial charge on any atom is -0.396 e. The second-order valence-electron chi connectivity index (χ2n) is 4.48. The predicted octanol–water partition coefficient (Wildman–Crippen LogP) is 0.319. The van der Waals surface area contributed by atoms with Crippen molar-refractivity contribution in [2.75, 3.05) is 33.8 Å². The molecule has 1 amide bonds. The summed E-state index contributed by atoms with van der Waals surface area (Å²) in [5.74, 6) is -0.125. The topological polar surface area (TPSA) is 52.6 Å². The number of carbonyl (C=O) groups is 1. The minimum absolute atomic E-state index is 0.0359. The third-order valence-electron chi connectivity index (χ3n) is 2.42. The van der Waals surface area contributed by atoms with Crippen molar-refractivity contribution < 1.29 is 9.90 Å². The molecule has 4 heteroatoms. The fourth-order valence-electron chi connectivity index (χ4n) is 1.33. The largest absolute Gasteiger partial charge is 0.396 e. The van der Waals surface area contributed by atoms with Crippen LogP contribution in [0, 0.1) is 11.8 Å². The first kappa shape index (κ1) is 14.4. The van der Waals surface area contributed by atoms with Crippen molar-refractivity contribution in [2.45, 2.75) is 20.3 Å². The van der Waals surface area contributed by atoms with E-state index in [0.717, 1.165) is 13.0 Å². The van der Waals surface area contributed by atoms with E-state index in [1.54, 1.807) is 0 Å². The second-order valence-corrected chi connectivity index (χ2v) is 4.48. The summed E-state index contributed by atoms with van der Waals surface area (Å²) in [6.45, 7) is 5.46. The van der Waals surface area contributed by atoms with Gasteiger partial charge in [-0.05, 0) is 33.0 Å². The summed E-state index contributed by atoms with van der Waals surface area (Å²) in [7, 11) is 4.01. The third kappa shape index (κ3) is 6.47. The van der Waals surface area contributed by atoms with Crippen molar-refractivity contribution in [1.29, 1.82) is 0 Å². The Labute approximate surface area is 92.7 Å². The van der Waals surface area contributed by atoms with E-state index in [-0.39, 0.29) is 24.3 Å². The number of aliphatic hydroxyl groups is 1. The van der Waals surface area contributed by atoms with E-state index in [9.17, 15) is 4.79 Å². The molecule has 0 saturated carbocycles. The number of hydrogen-bond donors (Lipinski definition) is 2. The van der Waals surface area contributed by atoms with Crippen molar-refractivity contribution in [3.63, 3.8) is 0 Å². The summed E-state index contributed by atoms with van der Waals surface area (Å²) in [6, 6.07) is 0. The van der Waals surface area contributed by atoms with Crippen LogP contribution >= 0.6 is 0 Å². The van der Waals surface area contributed by atoms with E-state index < -0.39 is 0 Å². The molecule has 4 nitrogen and oxygen atoms in total. The Balaban J connectivity index is 3.72. The van der Waals surface area contributed by atoms with E-state index in [1.807, 2.05) is 27.9 Å². The maximum absolute atomic E-state index is 11.6. The number of rotatable bonds is 7. The Kier molecular flexibility index (Phi) is 7.34. The summed E-state index contributed by atoms with van der Waals surface area (Å²) in [4.78, 5) is 13.7. The summed E-state index contributed by atoms with van der Waals surface area (Å²) in [5.41, 5.74) is 0. The van der Waals surface area contributed by atoms with E-state index >= 15 is 0 Å². The Morgan fingerprint density at radius 2 is 2.00 bits per heavy atom. The lowest BCUT2D eigenvalue weighted by molar-refractivity contribution is -0.127. The van der Waals surface area contributed by atoms with Gasteiger partial charge in [0, 0.05) is 6.54 Å². The van der Waals surface area contributed by atoms with Gasteiger partial charge in [0.25, 0.3) is 0 Å². The fourth-order valence-corrected chi connectivity index (χ4v) is 1.33. The zero-order chi connectivity index (χ0) is 11.8. The van der Waals surface area contributed by atoms with Crippen molar-refractivity contribution in [1.82, 2.24) is 10.2 Å².